The van der Waals surface area contributed by atoms with Gasteiger partial charge in [0.05, 0.1) is 24.3 Å². The number of carbonyl (C=O) groups excluding carboxylic acids is 3. The van der Waals surface area contributed by atoms with Crippen LogP contribution in [0.4, 0.5) is 0 Å². The SMILES string of the molecule is CCCCCCCCCCC=O.CCOC(=O)c1ccccc1C(=O)OCC. The van der Waals surface area contributed by atoms with Crippen molar-refractivity contribution in [2.45, 2.75) is 78.6 Å². The third-order valence-corrected chi connectivity index (χ3v) is 4.09. The second-order valence-corrected chi connectivity index (χ2v) is 6.42. The summed E-state index contributed by atoms with van der Waals surface area (Å²) in [6, 6.07) is 6.44. The lowest BCUT2D eigenvalue weighted by Gasteiger charge is -2.07. The fourth-order valence-corrected chi connectivity index (χ4v) is 2.62. The van der Waals surface area contributed by atoms with Gasteiger partial charge in [0.15, 0.2) is 0 Å². The van der Waals surface area contributed by atoms with E-state index in [1.165, 1.54) is 44.9 Å². The number of rotatable bonds is 13. The van der Waals surface area contributed by atoms with Crippen molar-refractivity contribution < 1.29 is 23.9 Å². The fourth-order valence-electron chi connectivity index (χ4n) is 2.62. The molecule has 5 nitrogen and oxygen atoms in total. The van der Waals surface area contributed by atoms with E-state index in [9.17, 15) is 14.4 Å². The lowest BCUT2D eigenvalue weighted by atomic mass is 10.1. The largest absolute Gasteiger partial charge is 0.462 e. The van der Waals surface area contributed by atoms with Crippen molar-refractivity contribution in [2.75, 3.05) is 13.2 Å². The number of ether oxygens (including phenoxy) is 2. The number of esters is 2. The minimum atomic E-state index is -0.508. The Morgan fingerprint density at radius 3 is 1.57 bits per heavy atom. The molecule has 0 N–H and O–H groups in total. The molecule has 158 valence electrons. The molecule has 0 aliphatic carbocycles. The maximum absolute atomic E-state index is 11.5. The average molecular weight is 393 g/mol. The molecular weight excluding hydrogens is 356 g/mol. The molecule has 1 rings (SSSR count). The summed E-state index contributed by atoms with van der Waals surface area (Å²) in [6.45, 7) is 6.21. The predicted molar refractivity (Wildman–Crippen MR) is 112 cm³/mol. The zero-order chi connectivity index (χ0) is 21.0. The number of aldehydes is 1. The van der Waals surface area contributed by atoms with Crippen molar-refractivity contribution in [3.05, 3.63) is 35.4 Å². The molecule has 0 heterocycles. The Balaban J connectivity index is 0.000000546. The first-order valence-corrected chi connectivity index (χ1v) is 10.5. The Bertz CT molecular complexity index is 517. The molecule has 0 spiro atoms. The van der Waals surface area contributed by atoms with Crippen LogP contribution < -0.4 is 0 Å². The predicted octanol–water partition coefficient (Wildman–Crippen LogP) is 5.76. The first-order chi connectivity index (χ1) is 13.6. The lowest BCUT2D eigenvalue weighted by molar-refractivity contribution is -0.107. The van der Waals surface area contributed by atoms with Gasteiger partial charge in [-0.05, 0) is 32.4 Å². The van der Waals surface area contributed by atoms with E-state index in [1.54, 1.807) is 38.1 Å². The van der Waals surface area contributed by atoms with Crippen molar-refractivity contribution in [1.82, 2.24) is 0 Å². The van der Waals surface area contributed by atoms with Crippen molar-refractivity contribution in [1.29, 1.82) is 0 Å². The van der Waals surface area contributed by atoms with Gasteiger partial charge in [-0.3, -0.25) is 0 Å². The summed E-state index contributed by atoms with van der Waals surface area (Å²) in [6.07, 6.45) is 12.3. The maximum Gasteiger partial charge on any atom is 0.338 e. The van der Waals surface area contributed by atoms with Gasteiger partial charge in [-0.1, -0.05) is 64.0 Å². The van der Waals surface area contributed by atoms with Crippen molar-refractivity contribution in [3.8, 4) is 0 Å². The molecule has 0 radical (unpaired) electrons. The topological polar surface area (TPSA) is 69.7 Å². The normalized spacial score (nSPS) is 9.82. The van der Waals surface area contributed by atoms with Gasteiger partial charge in [-0.15, -0.1) is 0 Å². The standard InChI is InChI=1S/C12H14O4.C11H22O/c1-3-15-11(13)9-7-5-6-8-10(9)12(14)16-4-2;1-2-3-4-5-6-7-8-9-10-11-12/h5-8H,3-4H2,1-2H3;11H,2-10H2,1H3. The van der Waals surface area contributed by atoms with Gasteiger partial charge < -0.3 is 14.3 Å². The van der Waals surface area contributed by atoms with Gasteiger partial charge in [0, 0.05) is 6.42 Å². The van der Waals surface area contributed by atoms with Crippen molar-refractivity contribution >= 4 is 18.2 Å². The van der Waals surface area contributed by atoms with Crippen molar-refractivity contribution in [3.63, 3.8) is 0 Å². The van der Waals surface area contributed by atoms with Gasteiger partial charge in [0.1, 0.15) is 6.29 Å². The molecule has 0 atom stereocenters. The minimum Gasteiger partial charge on any atom is -0.462 e. The minimum absolute atomic E-state index is 0.239. The van der Waals surface area contributed by atoms with E-state index in [2.05, 4.69) is 6.92 Å². The highest BCUT2D eigenvalue weighted by Gasteiger charge is 2.17. The van der Waals surface area contributed by atoms with E-state index in [4.69, 9.17) is 9.47 Å². The molecule has 0 unspecified atom stereocenters. The molecule has 1 aromatic rings. The van der Waals surface area contributed by atoms with E-state index >= 15 is 0 Å². The number of benzene rings is 1. The first kappa shape index (κ1) is 25.8. The molecule has 0 saturated carbocycles. The van der Waals surface area contributed by atoms with Gasteiger partial charge >= 0.3 is 11.9 Å². The molecular formula is C23H36O5. The summed E-state index contributed by atoms with van der Waals surface area (Å²) in [4.78, 5) is 33.1. The number of unbranched alkanes of at least 4 members (excludes halogenated alkanes) is 8. The second-order valence-electron chi connectivity index (χ2n) is 6.42. The number of hydrogen-bond donors (Lipinski definition) is 0. The summed E-state index contributed by atoms with van der Waals surface area (Å²) >= 11 is 0. The summed E-state index contributed by atoms with van der Waals surface area (Å²) in [5, 5.41) is 0. The second kappa shape index (κ2) is 18.2. The third kappa shape index (κ3) is 12.3. The molecule has 1 aromatic carbocycles. The summed E-state index contributed by atoms with van der Waals surface area (Å²) in [7, 11) is 0. The molecule has 0 aromatic heterocycles. The molecule has 0 bridgehead atoms. The van der Waals surface area contributed by atoms with E-state index in [0.717, 1.165) is 19.1 Å². The molecule has 5 heteroatoms. The maximum atomic E-state index is 11.5. The highest BCUT2D eigenvalue weighted by molar-refractivity contribution is 6.03. The highest BCUT2D eigenvalue weighted by atomic mass is 16.5. The van der Waals surface area contributed by atoms with Crippen molar-refractivity contribution in [2.24, 2.45) is 0 Å². The zero-order valence-electron chi connectivity index (χ0n) is 17.7. The summed E-state index contributed by atoms with van der Waals surface area (Å²) in [5.41, 5.74) is 0.477. The Kier molecular flexibility index (Phi) is 16.8. The van der Waals surface area contributed by atoms with Gasteiger partial charge in [-0.2, -0.15) is 0 Å². The summed E-state index contributed by atoms with van der Waals surface area (Å²) < 4.78 is 9.70. The highest BCUT2D eigenvalue weighted by Crippen LogP contribution is 2.12. The number of carbonyl (C=O) groups is 3. The first-order valence-electron chi connectivity index (χ1n) is 10.5. The molecule has 0 aliphatic rings. The van der Waals surface area contributed by atoms with Crippen LogP contribution in [-0.4, -0.2) is 31.4 Å². The molecule has 0 fully saturated rings. The van der Waals surface area contributed by atoms with E-state index < -0.39 is 11.9 Å². The van der Waals surface area contributed by atoms with Crippen LogP contribution in [0.1, 0.15) is 99.3 Å². The van der Waals surface area contributed by atoms with E-state index in [1.807, 2.05) is 0 Å². The van der Waals surface area contributed by atoms with Crippen LogP contribution in [0.25, 0.3) is 0 Å². The van der Waals surface area contributed by atoms with Gasteiger partial charge in [0.25, 0.3) is 0 Å². The molecule has 0 amide bonds. The zero-order valence-corrected chi connectivity index (χ0v) is 17.7. The fraction of sp³-hybridized carbons (Fsp3) is 0.609. The number of hydrogen-bond acceptors (Lipinski definition) is 5. The smallest absolute Gasteiger partial charge is 0.338 e. The van der Waals surface area contributed by atoms with Crippen LogP contribution in [-0.2, 0) is 14.3 Å². The molecule has 0 aliphatic heterocycles. The monoisotopic (exact) mass is 392 g/mol. The average Bonchev–Trinajstić information content (AvgIpc) is 2.71. The van der Waals surface area contributed by atoms with Gasteiger partial charge in [0.2, 0.25) is 0 Å². The van der Waals surface area contributed by atoms with E-state index in [0.29, 0.717) is 0 Å². The molecule has 28 heavy (non-hydrogen) atoms. The Labute approximate surface area is 169 Å². The van der Waals surface area contributed by atoms with Crippen LogP contribution in [0.3, 0.4) is 0 Å². The van der Waals surface area contributed by atoms with Crippen LogP contribution in [0.5, 0.6) is 0 Å². The Morgan fingerprint density at radius 2 is 1.18 bits per heavy atom. The van der Waals surface area contributed by atoms with Crippen LogP contribution in [0, 0.1) is 0 Å². The Hall–Kier alpha value is -2.17. The lowest BCUT2D eigenvalue weighted by Crippen LogP contribution is -2.13. The Morgan fingerprint density at radius 1 is 0.750 bits per heavy atom. The van der Waals surface area contributed by atoms with E-state index in [-0.39, 0.29) is 24.3 Å². The molecule has 0 saturated heterocycles. The quantitative estimate of drug-likeness (QED) is 0.243. The third-order valence-electron chi connectivity index (χ3n) is 4.09. The van der Waals surface area contributed by atoms with Crippen LogP contribution in [0.15, 0.2) is 24.3 Å². The van der Waals surface area contributed by atoms with Crippen LogP contribution >= 0.6 is 0 Å². The van der Waals surface area contributed by atoms with Crippen LogP contribution in [0.2, 0.25) is 0 Å². The van der Waals surface area contributed by atoms with Gasteiger partial charge in [-0.25, -0.2) is 9.59 Å². The summed E-state index contributed by atoms with van der Waals surface area (Å²) in [5.74, 6) is -1.02.